The van der Waals surface area contributed by atoms with Gasteiger partial charge in [-0.25, -0.2) is 0 Å². The van der Waals surface area contributed by atoms with E-state index in [4.69, 9.17) is 0 Å². The van der Waals surface area contributed by atoms with E-state index in [1.807, 2.05) is 44.1 Å². The van der Waals surface area contributed by atoms with Crippen molar-refractivity contribution in [1.82, 2.24) is 20.2 Å². The monoisotopic (exact) mass is 322 g/mol. The van der Waals surface area contributed by atoms with Gasteiger partial charge in [0.15, 0.2) is 0 Å². The molecule has 2 aliphatic rings. The quantitative estimate of drug-likeness (QED) is 0.940. The van der Waals surface area contributed by atoms with Crippen LogP contribution in [-0.2, 0) is 0 Å². The van der Waals surface area contributed by atoms with Crippen LogP contribution in [0.15, 0.2) is 30.6 Å². The van der Waals surface area contributed by atoms with Gasteiger partial charge in [0, 0.05) is 49.8 Å². The van der Waals surface area contributed by atoms with Crippen molar-refractivity contribution >= 4 is 5.91 Å². The first-order chi connectivity index (χ1) is 11.6. The van der Waals surface area contributed by atoms with E-state index in [0.717, 1.165) is 35.6 Å². The second-order valence-corrected chi connectivity index (χ2v) is 6.95. The van der Waals surface area contributed by atoms with E-state index in [-0.39, 0.29) is 5.91 Å². The van der Waals surface area contributed by atoms with E-state index in [9.17, 15) is 4.79 Å². The summed E-state index contributed by atoms with van der Waals surface area (Å²) in [6.45, 7) is 6.10. The molecule has 2 fully saturated rings. The Morgan fingerprint density at radius 2 is 1.92 bits per heavy atom. The zero-order chi connectivity index (χ0) is 16.8. The Hall–Kier alpha value is -2.27. The Labute approximate surface area is 142 Å². The number of fused-ring (bicyclic) bond motifs is 1. The molecule has 2 aromatic heterocycles. The lowest BCUT2D eigenvalue weighted by atomic mass is 10.1. The Bertz CT molecular complexity index is 776. The number of aryl methyl sites for hydroxylation is 2. The maximum absolute atomic E-state index is 12.7. The number of nitrogens with one attached hydrogen (secondary N) is 1. The maximum Gasteiger partial charge on any atom is 0.255 e. The molecule has 24 heavy (non-hydrogen) atoms. The van der Waals surface area contributed by atoms with Crippen LogP contribution >= 0.6 is 0 Å². The lowest BCUT2D eigenvalue weighted by Crippen LogP contribution is -2.34. The third-order valence-corrected chi connectivity index (χ3v) is 5.46. The van der Waals surface area contributed by atoms with Crippen LogP contribution in [0.2, 0.25) is 0 Å². The molecule has 5 nitrogen and oxygen atoms in total. The summed E-state index contributed by atoms with van der Waals surface area (Å²) in [5.74, 6) is 1.33. The van der Waals surface area contributed by atoms with Crippen LogP contribution in [0.1, 0.15) is 21.6 Å². The summed E-state index contributed by atoms with van der Waals surface area (Å²) in [6.07, 6.45) is 3.51. The van der Waals surface area contributed by atoms with Crippen LogP contribution in [0.4, 0.5) is 0 Å². The van der Waals surface area contributed by atoms with Crippen molar-refractivity contribution in [2.45, 2.75) is 19.9 Å². The van der Waals surface area contributed by atoms with Gasteiger partial charge in [-0.2, -0.15) is 0 Å². The number of nitrogens with zero attached hydrogens (tertiary/aromatic N) is 3. The van der Waals surface area contributed by atoms with Gasteiger partial charge in [-0.1, -0.05) is 0 Å². The molecule has 0 aromatic carbocycles. The molecule has 0 bridgehead atoms. The predicted molar refractivity (Wildman–Crippen MR) is 92.7 cm³/mol. The van der Waals surface area contributed by atoms with Gasteiger partial charge in [-0.15, -0.1) is 0 Å². The number of pyridine rings is 2. The minimum atomic E-state index is 0.0617. The molecule has 1 N–H and O–H groups in total. The van der Waals surface area contributed by atoms with Gasteiger partial charge in [0.1, 0.15) is 0 Å². The average molecular weight is 322 g/mol. The standard InChI is InChI=1S/C19H22N4O/c1-11-6-14(8-21-12(11)2)17-5-4-13(7-22-17)19(24)23(3)18-15-9-20-10-16(15)18/h4-8,15-16,18,20H,9-10H2,1-3H3/t15-,16+,18?. The molecule has 4 rings (SSSR count). The third kappa shape index (κ3) is 2.49. The Kier molecular flexibility index (Phi) is 3.61. The summed E-state index contributed by atoms with van der Waals surface area (Å²) in [4.78, 5) is 23.4. The normalized spacial score (nSPS) is 24.5. The summed E-state index contributed by atoms with van der Waals surface area (Å²) in [7, 11) is 1.91. The van der Waals surface area contributed by atoms with Crippen molar-refractivity contribution in [2.75, 3.05) is 20.1 Å². The summed E-state index contributed by atoms with van der Waals surface area (Å²) in [5, 5.41) is 3.36. The van der Waals surface area contributed by atoms with Crippen molar-refractivity contribution in [3.05, 3.63) is 47.4 Å². The third-order valence-electron chi connectivity index (χ3n) is 5.46. The molecule has 1 aliphatic heterocycles. The second kappa shape index (κ2) is 5.67. The average Bonchev–Trinajstić information content (AvgIpc) is 3.07. The van der Waals surface area contributed by atoms with Gasteiger partial charge in [-0.3, -0.25) is 14.8 Å². The zero-order valence-corrected chi connectivity index (χ0v) is 14.3. The highest BCUT2D eigenvalue weighted by Crippen LogP contribution is 2.45. The fourth-order valence-electron chi connectivity index (χ4n) is 3.77. The van der Waals surface area contributed by atoms with Gasteiger partial charge < -0.3 is 10.2 Å². The largest absolute Gasteiger partial charge is 0.338 e. The van der Waals surface area contributed by atoms with Crippen molar-refractivity contribution in [2.24, 2.45) is 11.8 Å². The topological polar surface area (TPSA) is 58.1 Å². The lowest BCUT2D eigenvalue weighted by Gasteiger charge is -2.19. The van der Waals surface area contributed by atoms with Crippen LogP contribution in [0.3, 0.4) is 0 Å². The van der Waals surface area contributed by atoms with Crippen molar-refractivity contribution < 1.29 is 4.79 Å². The first kappa shape index (κ1) is 15.3. The highest BCUT2D eigenvalue weighted by molar-refractivity contribution is 5.94. The van der Waals surface area contributed by atoms with Crippen LogP contribution in [0.25, 0.3) is 11.3 Å². The number of piperidine rings is 1. The van der Waals surface area contributed by atoms with E-state index in [1.165, 1.54) is 0 Å². The number of hydrogen-bond donors (Lipinski definition) is 1. The molecular formula is C19H22N4O. The number of amides is 1. The highest BCUT2D eigenvalue weighted by Gasteiger charge is 2.56. The minimum absolute atomic E-state index is 0.0617. The van der Waals surface area contributed by atoms with E-state index in [1.54, 1.807) is 6.20 Å². The SMILES string of the molecule is Cc1cc(-c2ccc(C(=O)N(C)C3[C@H]4CNC[C@@H]34)cn2)cnc1C. The molecule has 3 heterocycles. The second-order valence-electron chi connectivity index (χ2n) is 6.95. The molecule has 5 heteroatoms. The maximum atomic E-state index is 12.7. The molecule has 1 saturated carbocycles. The number of hydrogen-bond acceptors (Lipinski definition) is 4. The molecule has 124 valence electrons. The highest BCUT2D eigenvalue weighted by atomic mass is 16.2. The summed E-state index contributed by atoms with van der Waals surface area (Å²) in [5.41, 5.74) is 4.64. The van der Waals surface area contributed by atoms with Gasteiger partial charge >= 0.3 is 0 Å². The predicted octanol–water partition coefficient (Wildman–Crippen LogP) is 2.05. The summed E-state index contributed by atoms with van der Waals surface area (Å²) >= 11 is 0. The molecule has 0 radical (unpaired) electrons. The smallest absolute Gasteiger partial charge is 0.255 e. The molecule has 1 aliphatic carbocycles. The minimum Gasteiger partial charge on any atom is -0.338 e. The van der Waals surface area contributed by atoms with E-state index < -0.39 is 0 Å². The first-order valence-electron chi connectivity index (χ1n) is 8.44. The summed E-state index contributed by atoms with van der Waals surface area (Å²) < 4.78 is 0. The number of aromatic nitrogens is 2. The summed E-state index contributed by atoms with van der Waals surface area (Å²) in [6, 6.07) is 6.24. The van der Waals surface area contributed by atoms with Crippen molar-refractivity contribution in [1.29, 1.82) is 0 Å². The number of carbonyl (C=O) groups is 1. The molecule has 0 spiro atoms. The lowest BCUT2D eigenvalue weighted by molar-refractivity contribution is 0.0768. The Morgan fingerprint density at radius 3 is 2.54 bits per heavy atom. The fraction of sp³-hybridized carbons (Fsp3) is 0.421. The molecule has 1 saturated heterocycles. The molecular weight excluding hydrogens is 300 g/mol. The molecule has 3 atom stereocenters. The Morgan fingerprint density at radius 1 is 1.17 bits per heavy atom. The van der Waals surface area contributed by atoms with Gasteiger partial charge in [0.2, 0.25) is 0 Å². The first-order valence-corrected chi connectivity index (χ1v) is 8.44. The van der Waals surface area contributed by atoms with Crippen LogP contribution in [0, 0.1) is 25.7 Å². The molecule has 2 aromatic rings. The van der Waals surface area contributed by atoms with Crippen LogP contribution < -0.4 is 5.32 Å². The van der Waals surface area contributed by atoms with Crippen LogP contribution in [0.5, 0.6) is 0 Å². The van der Waals surface area contributed by atoms with Crippen LogP contribution in [-0.4, -0.2) is 47.0 Å². The number of carbonyl (C=O) groups excluding carboxylic acids is 1. The fourth-order valence-corrected chi connectivity index (χ4v) is 3.77. The van der Waals surface area contributed by atoms with Crippen molar-refractivity contribution in [3.63, 3.8) is 0 Å². The number of rotatable bonds is 3. The molecule has 1 amide bonds. The van der Waals surface area contributed by atoms with Crippen molar-refractivity contribution in [3.8, 4) is 11.3 Å². The molecule has 1 unspecified atom stereocenters. The Balaban J connectivity index is 1.51. The van der Waals surface area contributed by atoms with E-state index in [2.05, 4.69) is 21.4 Å². The van der Waals surface area contributed by atoms with Gasteiger partial charge in [0.05, 0.1) is 11.3 Å². The van der Waals surface area contributed by atoms with E-state index in [0.29, 0.717) is 23.4 Å². The van der Waals surface area contributed by atoms with Gasteiger partial charge in [0.25, 0.3) is 5.91 Å². The van der Waals surface area contributed by atoms with E-state index >= 15 is 0 Å². The zero-order valence-electron chi connectivity index (χ0n) is 14.3. The van der Waals surface area contributed by atoms with Gasteiger partial charge in [-0.05, 0) is 49.4 Å².